The minimum absolute atomic E-state index is 0.0307. The van der Waals surface area contributed by atoms with Crippen LogP contribution in [0.2, 0.25) is 0 Å². The fraction of sp³-hybridized carbons (Fsp3) is 0.789. The molecule has 6 heteroatoms. The molecule has 0 aromatic heterocycles. The first-order valence-corrected chi connectivity index (χ1v) is 27.1. The summed E-state index contributed by atoms with van der Waals surface area (Å²) in [5.41, 5.74) is 0. The molecule has 0 aliphatic rings. The molecular weight excluding hydrogens is 779 g/mol. The summed E-state index contributed by atoms with van der Waals surface area (Å²) in [6.07, 6.45) is 63.0. The van der Waals surface area contributed by atoms with Crippen molar-refractivity contribution in [1.29, 1.82) is 0 Å². The van der Waals surface area contributed by atoms with Gasteiger partial charge in [-0.05, 0) is 64.2 Å². The van der Waals surface area contributed by atoms with Crippen LogP contribution in [-0.2, 0) is 14.3 Å². The van der Waals surface area contributed by atoms with Gasteiger partial charge in [-0.15, -0.1) is 0 Å². The first-order chi connectivity index (χ1) is 31.0. The Balaban J connectivity index is 4.52. The highest BCUT2D eigenvalue weighted by Crippen LogP contribution is 2.17. The lowest BCUT2D eigenvalue weighted by atomic mass is 10.0. The van der Waals surface area contributed by atoms with Gasteiger partial charge in [0.1, 0.15) is 6.10 Å². The van der Waals surface area contributed by atoms with Crippen LogP contribution in [0, 0.1) is 0 Å². The number of unbranched alkanes of at least 4 members (excludes halogenated alkanes) is 29. The number of aliphatic hydroxyl groups excluding tert-OH is 2. The van der Waals surface area contributed by atoms with Crippen LogP contribution < -0.4 is 5.32 Å². The number of ether oxygens (including phenoxy) is 1. The van der Waals surface area contributed by atoms with E-state index in [1.54, 1.807) is 0 Å². The first kappa shape index (κ1) is 60.6. The van der Waals surface area contributed by atoms with Gasteiger partial charge in [0.15, 0.2) is 0 Å². The molecule has 0 aromatic carbocycles. The Morgan fingerprint density at radius 3 is 1.37 bits per heavy atom. The van der Waals surface area contributed by atoms with Gasteiger partial charge >= 0.3 is 5.97 Å². The summed E-state index contributed by atoms with van der Waals surface area (Å²) in [5, 5.41) is 23.8. The Kier molecular flexibility index (Phi) is 48.6. The van der Waals surface area contributed by atoms with Gasteiger partial charge < -0.3 is 20.3 Å². The van der Waals surface area contributed by atoms with Gasteiger partial charge in [0.2, 0.25) is 5.91 Å². The van der Waals surface area contributed by atoms with E-state index in [9.17, 15) is 19.8 Å². The predicted octanol–water partition coefficient (Wildman–Crippen LogP) is 16.4. The Hall–Kier alpha value is -2.44. The van der Waals surface area contributed by atoms with Gasteiger partial charge in [-0.25, -0.2) is 0 Å². The summed E-state index contributed by atoms with van der Waals surface area (Å²) in [6, 6.07) is -0.723. The molecule has 0 saturated heterocycles. The molecule has 3 N–H and O–H groups in total. The maximum absolute atomic E-state index is 13.2. The molecule has 366 valence electrons. The summed E-state index contributed by atoms with van der Waals surface area (Å²) >= 11 is 0. The lowest BCUT2D eigenvalue weighted by molar-refractivity contribution is -0.151. The third kappa shape index (κ3) is 45.9. The summed E-state index contributed by atoms with van der Waals surface area (Å²) in [7, 11) is 0. The number of amides is 1. The van der Waals surface area contributed by atoms with Crippen molar-refractivity contribution in [3.05, 3.63) is 60.8 Å². The van der Waals surface area contributed by atoms with Crippen LogP contribution in [0.3, 0.4) is 0 Å². The molecule has 0 aliphatic carbocycles. The zero-order chi connectivity index (χ0) is 45.9. The van der Waals surface area contributed by atoms with E-state index in [2.05, 4.69) is 50.4 Å². The van der Waals surface area contributed by atoms with Crippen molar-refractivity contribution in [3.63, 3.8) is 0 Å². The molecule has 0 spiro atoms. The van der Waals surface area contributed by atoms with Gasteiger partial charge in [0.05, 0.1) is 25.2 Å². The number of rotatable bonds is 48. The highest BCUT2D eigenvalue weighted by atomic mass is 16.5. The molecule has 0 rings (SSSR count). The normalized spacial score (nSPS) is 13.7. The van der Waals surface area contributed by atoms with Crippen LogP contribution in [0.1, 0.15) is 265 Å². The Labute approximate surface area is 390 Å². The van der Waals surface area contributed by atoms with Crippen molar-refractivity contribution in [1.82, 2.24) is 5.32 Å². The molecule has 6 nitrogen and oxygen atoms in total. The second-order valence-electron chi connectivity index (χ2n) is 18.3. The Bertz CT molecular complexity index is 1130. The quantitative estimate of drug-likeness (QED) is 0.0245. The number of carbonyl (C=O) groups excluding carboxylic acids is 2. The molecular formula is C57H103NO5. The minimum Gasteiger partial charge on any atom is -0.462 e. The van der Waals surface area contributed by atoms with E-state index in [4.69, 9.17) is 4.74 Å². The molecule has 0 bridgehead atoms. The number of carbonyl (C=O) groups is 2. The minimum atomic E-state index is -0.806. The molecule has 0 fully saturated rings. The van der Waals surface area contributed by atoms with Crippen molar-refractivity contribution in [3.8, 4) is 0 Å². The number of hydrogen-bond acceptors (Lipinski definition) is 5. The SMILES string of the molecule is CC/C=C/C=C/C=C\C=C/CCCC(CC(=O)NC(CO)C(O)CCCCCCCCCCCCCCCC)OC(=O)CCCCCCCCCCC/C=C/CCCCCCCC. The second-order valence-corrected chi connectivity index (χ2v) is 18.3. The molecule has 0 aliphatic heterocycles. The van der Waals surface area contributed by atoms with Crippen LogP contribution in [0.5, 0.6) is 0 Å². The van der Waals surface area contributed by atoms with E-state index in [0.29, 0.717) is 19.3 Å². The van der Waals surface area contributed by atoms with Gasteiger partial charge in [-0.1, -0.05) is 248 Å². The molecule has 0 radical (unpaired) electrons. The fourth-order valence-electron chi connectivity index (χ4n) is 8.09. The van der Waals surface area contributed by atoms with E-state index < -0.39 is 18.2 Å². The number of esters is 1. The maximum Gasteiger partial charge on any atom is 0.306 e. The standard InChI is InChI=1S/C57H103NO5/c1-4-7-10-13-16-19-22-24-26-27-28-29-30-32-35-38-41-44-47-50-57(62)63-53(48-45-42-39-36-33-21-18-15-12-9-6-3)51-56(61)58-54(52-59)55(60)49-46-43-40-37-34-31-25-23-20-17-14-11-8-5-2/h9,12,15,18,21,24,26,33,36,39,53-55,59-60H,4-8,10-11,13-14,16-17,19-20,22-23,25,27-32,34-35,37-38,40-52H2,1-3H3,(H,58,61)/b12-9+,18-15+,26-24+,33-21-,39-36-. The molecule has 1 amide bonds. The molecule has 3 atom stereocenters. The Morgan fingerprint density at radius 1 is 0.476 bits per heavy atom. The van der Waals surface area contributed by atoms with E-state index >= 15 is 0 Å². The van der Waals surface area contributed by atoms with E-state index in [1.807, 2.05) is 36.5 Å². The highest BCUT2D eigenvalue weighted by molar-refractivity contribution is 5.77. The van der Waals surface area contributed by atoms with Gasteiger partial charge in [0.25, 0.3) is 0 Å². The van der Waals surface area contributed by atoms with Crippen LogP contribution >= 0.6 is 0 Å². The van der Waals surface area contributed by atoms with Crippen molar-refractivity contribution in [2.75, 3.05) is 6.61 Å². The average molecular weight is 882 g/mol. The van der Waals surface area contributed by atoms with Crippen LogP contribution in [0.25, 0.3) is 0 Å². The molecule has 3 unspecified atom stereocenters. The van der Waals surface area contributed by atoms with Crippen LogP contribution in [0.4, 0.5) is 0 Å². The summed E-state index contributed by atoms with van der Waals surface area (Å²) in [5.74, 6) is -0.540. The predicted molar refractivity (Wildman–Crippen MR) is 273 cm³/mol. The van der Waals surface area contributed by atoms with Crippen molar-refractivity contribution < 1.29 is 24.5 Å². The van der Waals surface area contributed by atoms with Gasteiger partial charge in [-0.3, -0.25) is 9.59 Å². The smallest absolute Gasteiger partial charge is 0.306 e. The maximum atomic E-state index is 13.2. The monoisotopic (exact) mass is 882 g/mol. The second kappa shape index (κ2) is 50.6. The third-order valence-electron chi connectivity index (χ3n) is 12.2. The largest absolute Gasteiger partial charge is 0.462 e. The van der Waals surface area contributed by atoms with Crippen LogP contribution in [-0.4, -0.2) is 46.9 Å². The van der Waals surface area contributed by atoms with E-state index in [0.717, 1.165) is 57.8 Å². The van der Waals surface area contributed by atoms with Crippen LogP contribution in [0.15, 0.2) is 60.8 Å². The fourth-order valence-corrected chi connectivity index (χ4v) is 8.09. The zero-order valence-corrected chi connectivity index (χ0v) is 41.7. The van der Waals surface area contributed by atoms with Crippen molar-refractivity contribution in [2.45, 2.75) is 283 Å². The number of hydrogen-bond donors (Lipinski definition) is 3. The lowest BCUT2D eigenvalue weighted by Gasteiger charge is -2.24. The molecule has 0 saturated carbocycles. The number of aliphatic hydroxyl groups is 2. The Morgan fingerprint density at radius 2 is 0.889 bits per heavy atom. The van der Waals surface area contributed by atoms with Gasteiger partial charge in [-0.2, -0.15) is 0 Å². The third-order valence-corrected chi connectivity index (χ3v) is 12.2. The van der Waals surface area contributed by atoms with Crippen molar-refractivity contribution in [2.24, 2.45) is 0 Å². The van der Waals surface area contributed by atoms with Gasteiger partial charge in [0, 0.05) is 6.42 Å². The summed E-state index contributed by atoms with van der Waals surface area (Å²) in [6.45, 7) is 6.33. The lowest BCUT2D eigenvalue weighted by Crippen LogP contribution is -2.46. The summed E-state index contributed by atoms with van der Waals surface area (Å²) < 4.78 is 5.90. The van der Waals surface area contributed by atoms with E-state index in [1.165, 1.54) is 161 Å². The van der Waals surface area contributed by atoms with E-state index in [-0.39, 0.29) is 24.9 Å². The first-order valence-electron chi connectivity index (χ1n) is 27.1. The van der Waals surface area contributed by atoms with Crippen molar-refractivity contribution >= 4 is 11.9 Å². The molecule has 0 aromatic rings. The summed E-state index contributed by atoms with van der Waals surface area (Å²) in [4.78, 5) is 26.1. The molecule has 0 heterocycles. The topological polar surface area (TPSA) is 95.9 Å². The number of allylic oxidation sites excluding steroid dienone is 10. The zero-order valence-electron chi connectivity index (χ0n) is 41.7. The number of nitrogens with one attached hydrogen (secondary N) is 1. The highest BCUT2D eigenvalue weighted by Gasteiger charge is 2.24. The average Bonchev–Trinajstić information content (AvgIpc) is 3.28. The molecule has 63 heavy (non-hydrogen) atoms.